The van der Waals surface area contributed by atoms with E-state index in [4.69, 9.17) is 4.74 Å². The molecule has 0 aromatic heterocycles. The number of fused-ring (bicyclic) bond motifs is 1. The molecular formula is C19H27NO. The van der Waals surface area contributed by atoms with E-state index in [0.29, 0.717) is 6.10 Å². The molecule has 2 fully saturated rings. The highest BCUT2D eigenvalue weighted by Gasteiger charge is 2.40. The van der Waals surface area contributed by atoms with E-state index in [1.807, 2.05) is 0 Å². The van der Waals surface area contributed by atoms with Crippen molar-refractivity contribution in [3.63, 3.8) is 0 Å². The zero-order valence-corrected chi connectivity index (χ0v) is 12.9. The zero-order chi connectivity index (χ0) is 14.1. The Morgan fingerprint density at radius 3 is 2.81 bits per heavy atom. The summed E-state index contributed by atoms with van der Waals surface area (Å²) in [6.07, 6.45) is 10.9. The van der Waals surface area contributed by atoms with Gasteiger partial charge in [-0.1, -0.05) is 49.9 Å². The Morgan fingerprint density at radius 2 is 1.95 bits per heavy atom. The topological polar surface area (TPSA) is 21.3 Å². The summed E-state index contributed by atoms with van der Waals surface area (Å²) in [5, 5.41) is 3.68. The molecule has 2 aliphatic carbocycles. The van der Waals surface area contributed by atoms with Gasteiger partial charge in [-0.3, -0.25) is 0 Å². The van der Waals surface area contributed by atoms with E-state index in [0.717, 1.165) is 25.4 Å². The summed E-state index contributed by atoms with van der Waals surface area (Å²) in [4.78, 5) is 0. The van der Waals surface area contributed by atoms with Crippen LogP contribution in [0.4, 0.5) is 0 Å². The molecule has 3 aliphatic rings. The normalized spacial score (nSPS) is 33.2. The number of aryl methyl sites for hydroxylation is 1. The van der Waals surface area contributed by atoms with Gasteiger partial charge in [0, 0.05) is 19.5 Å². The van der Waals surface area contributed by atoms with Gasteiger partial charge < -0.3 is 10.1 Å². The van der Waals surface area contributed by atoms with Crippen LogP contribution in [0.1, 0.15) is 49.7 Å². The Hall–Kier alpha value is -0.860. The molecule has 0 radical (unpaired) electrons. The van der Waals surface area contributed by atoms with E-state index in [2.05, 4.69) is 29.6 Å². The van der Waals surface area contributed by atoms with Crippen LogP contribution in [0.15, 0.2) is 24.3 Å². The predicted octanol–water partition coefficient (Wildman–Crippen LogP) is 3.48. The Kier molecular flexibility index (Phi) is 3.76. The summed E-state index contributed by atoms with van der Waals surface area (Å²) >= 11 is 0. The van der Waals surface area contributed by atoms with Crippen molar-refractivity contribution in [2.24, 2.45) is 5.92 Å². The van der Waals surface area contributed by atoms with Crippen LogP contribution in [0.5, 0.6) is 0 Å². The van der Waals surface area contributed by atoms with Gasteiger partial charge in [-0.25, -0.2) is 0 Å². The number of morpholine rings is 1. The molecule has 1 N–H and O–H groups in total. The van der Waals surface area contributed by atoms with Gasteiger partial charge in [0.15, 0.2) is 0 Å². The largest absolute Gasteiger partial charge is 0.369 e. The summed E-state index contributed by atoms with van der Waals surface area (Å²) in [6, 6.07) is 8.92. The molecule has 1 spiro atoms. The van der Waals surface area contributed by atoms with Crippen LogP contribution >= 0.6 is 0 Å². The van der Waals surface area contributed by atoms with Crippen molar-refractivity contribution >= 4 is 0 Å². The van der Waals surface area contributed by atoms with E-state index in [-0.39, 0.29) is 5.60 Å². The van der Waals surface area contributed by atoms with Crippen LogP contribution in [0.2, 0.25) is 0 Å². The standard InChI is InChI=1S/C19H27NO/c1-2-6-15(5-1)11-18-13-20-14-19(21-18)10-9-16-7-3-4-8-17(16)12-19/h3-4,7-8,15,18,20H,1-2,5-6,9-14H2. The highest BCUT2D eigenvalue weighted by Crippen LogP contribution is 2.36. The van der Waals surface area contributed by atoms with Crippen LogP contribution in [0, 0.1) is 5.92 Å². The molecule has 21 heavy (non-hydrogen) atoms. The first-order chi connectivity index (χ1) is 10.3. The number of nitrogens with one attached hydrogen (secondary N) is 1. The van der Waals surface area contributed by atoms with E-state index in [1.54, 1.807) is 0 Å². The quantitative estimate of drug-likeness (QED) is 0.898. The Balaban J connectivity index is 1.45. The minimum Gasteiger partial charge on any atom is -0.369 e. The van der Waals surface area contributed by atoms with Crippen molar-refractivity contribution in [3.8, 4) is 0 Å². The molecule has 1 saturated heterocycles. The van der Waals surface area contributed by atoms with Gasteiger partial charge in [0.05, 0.1) is 11.7 Å². The zero-order valence-electron chi connectivity index (χ0n) is 12.9. The van der Waals surface area contributed by atoms with Crippen molar-refractivity contribution in [1.29, 1.82) is 0 Å². The minimum atomic E-state index is 0.0654. The highest BCUT2D eigenvalue weighted by molar-refractivity contribution is 5.32. The van der Waals surface area contributed by atoms with Gasteiger partial charge in [-0.15, -0.1) is 0 Å². The maximum absolute atomic E-state index is 6.67. The first kappa shape index (κ1) is 13.8. The fourth-order valence-corrected chi connectivity index (χ4v) is 4.67. The van der Waals surface area contributed by atoms with Crippen molar-refractivity contribution in [2.45, 2.75) is 63.1 Å². The molecule has 4 rings (SSSR count). The molecule has 1 saturated carbocycles. The van der Waals surface area contributed by atoms with Gasteiger partial charge in [-0.05, 0) is 36.3 Å². The Bertz CT molecular complexity index is 494. The molecule has 2 unspecified atom stereocenters. The van der Waals surface area contributed by atoms with Crippen LogP contribution in [-0.2, 0) is 17.6 Å². The van der Waals surface area contributed by atoms with Crippen molar-refractivity contribution < 1.29 is 4.74 Å². The molecule has 1 aromatic rings. The van der Waals surface area contributed by atoms with E-state index >= 15 is 0 Å². The maximum atomic E-state index is 6.67. The monoisotopic (exact) mass is 285 g/mol. The molecule has 2 heteroatoms. The number of ether oxygens (including phenoxy) is 1. The third-order valence-corrected chi connectivity index (χ3v) is 5.79. The Morgan fingerprint density at radius 1 is 1.14 bits per heavy atom. The van der Waals surface area contributed by atoms with Gasteiger partial charge in [0.1, 0.15) is 0 Å². The van der Waals surface area contributed by atoms with Crippen LogP contribution in [0.3, 0.4) is 0 Å². The first-order valence-electron chi connectivity index (χ1n) is 8.78. The van der Waals surface area contributed by atoms with Crippen molar-refractivity contribution in [3.05, 3.63) is 35.4 Å². The molecule has 1 heterocycles. The van der Waals surface area contributed by atoms with E-state index < -0.39 is 0 Å². The molecular weight excluding hydrogens is 258 g/mol. The Labute approximate surface area is 128 Å². The molecule has 1 aliphatic heterocycles. The summed E-state index contributed by atoms with van der Waals surface area (Å²) in [5.41, 5.74) is 3.10. The van der Waals surface area contributed by atoms with Gasteiger partial charge in [-0.2, -0.15) is 0 Å². The molecule has 0 amide bonds. The lowest BCUT2D eigenvalue weighted by atomic mass is 9.79. The van der Waals surface area contributed by atoms with E-state index in [1.165, 1.54) is 56.1 Å². The van der Waals surface area contributed by atoms with Crippen molar-refractivity contribution in [1.82, 2.24) is 5.32 Å². The smallest absolute Gasteiger partial charge is 0.0854 e. The van der Waals surface area contributed by atoms with Crippen LogP contribution in [0.25, 0.3) is 0 Å². The lowest BCUT2D eigenvalue weighted by Gasteiger charge is -2.45. The van der Waals surface area contributed by atoms with Gasteiger partial charge in [0.2, 0.25) is 0 Å². The summed E-state index contributed by atoms with van der Waals surface area (Å²) in [5.74, 6) is 0.919. The second-order valence-corrected chi connectivity index (χ2v) is 7.39. The van der Waals surface area contributed by atoms with Crippen LogP contribution in [-0.4, -0.2) is 24.8 Å². The minimum absolute atomic E-state index is 0.0654. The third kappa shape index (κ3) is 2.89. The lowest BCUT2D eigenvalue weighted by Crippen LogP contribution is -2.56. The summed E-state index contributed by atoms with van der Waals surface area (Å²) < 4.78 is 6.67. The van der Waals surface area contributed by atoms with Crippen LogP contribution < -0.4 is 5.32 Å². The lowest BCUT2D eigenvalue weighted by molar-refractivity contribution is -0.128. The molecule has 1 aromatic carbocycles. The summed E-state index contributed by atoms with van der Waals surface area (Å²) in [6.45, 7) is 2.09. The van der Waals surface area contributed by atoms with Crippen molar-refractivity contribution in [2.75, 3.05) is 13.1 Å². The van der Waals surface area contributed by atoms with Gasteiger partial charge >= 0.3 is 0 Å². The predicted molar refractivity (Wildman–Crippen MR) is 85.5 cm³/mol. The third-order valence-electron chi connectivity index (χ3n) is 5.79. The highest BCUT2D eigenvalue weighted by atomic mass is 16.5. The maximum Gasteiger partial charge on any atom is 0.0854 e. The second kappa shape index (κ2) is 5.73. The summed E-state index contributed by atoms with van der Waals surface area (Å²) in [7, 11) is 0. The first-order valence-corrected chi connectivity index (χ1v) is 8.78. The molecule has 2 nitrogen and oxygen atoms in total. The average molecular weight is 285 g/mol. The SMILES string of the molecule is c1ccc2c(c1)CCC1(CNCC(CC3CCCC3)O1)C2. The number of hydrogen-bond acceptors (Lipinski definition) is 2. The number of benzene rings is 1. The fourth-order valence-electron chi connectivity index (χ4n) is 4.67. The number of hydrogen-bond donors (Lipinski definition) is 1. The second-order valence-electron chi connectivity index (χ2n) is 7.39. The average Bonchev–Trinajstić information content (AvgIpc) is 3.00. The fraction of sp³-hybridized carbons (Fsp3) is 0.684. The van der Waals surface area contributed by atoms with E-state index in [9.17, 15) is 0 Å². The number of rotatable bonds is 2. The molecule has 0 bridgehead atoms. The van der Waals surface area contributed by atoms with Gasteiger partial charge in [0.25, 0.3) is 0 Å². The molecule has 114 valence electrons. The molecule has 2 atom stereocenters.